The summed E-state index contributed by atoms with van der Waals surface area (Å²) in [5, 5.41) is 1.18. The molecule has 1 amide bonds. The first kappa shape index (κ1) is 18.6. The van der Waals surface area contributed by atoms with E-state index in [2.05, 4.69) is 53.2 Å². The van der Waals surface area contributed by atoms with Gasteiger partial charge in [0.1, 0.15) is 0 Å². The molecule has 1 saturated heterocycles. The minimum Gasteiger partial charge on any atom is -0.340 e. The van der Waals surface area contributed by atoms with Gasteiger partial charge >= 0.3 is 0 Å². The normalized spacial score (nSPS) is 16.2. The van der Waals surface area contributed by atoms with Crippen LogP contribution in [0.2, 0.25) is 0 Å². The Balaban J connectivity index is 1.32. The Morgan fingerprint density at radius 2 is 1.71 bits per heavy atom. The van der Waals surface area contributed by atoms with Crippen molar-refractivity contribution in [3.05, 3.63) is 78.0 Å². The number of benzene rings is 2. The number of rotatable bonds is 5. The number of para-hydroxylation sites is 1. The van der Waals surface area contributed by atoms with Crippen LogP contribution in [0.1, 0.15) is 30.4 Å². The fraction of sp³-hybridized carbons (Fsp3) is 0.333. The van der Waals surface area contributed by atoms with Crippen molar-refractivity contribution in [2.75, 3.05) is 26.2 Å². The average Bonchev–Trinajstić information content (AvgIpc) is 2.75. The zero-order valence-corrected chi connectivity index (χ0v) is 16.4. The van der Waals surface area contributed by atoms with Gasteiger partial charge < -0.3 is 4.90 Å². The first-order chi connectivity index (χ1) is 13.7. The molecule has 1 unspecified atom stereocenters. The maximum absolute atomic E-state index is 12.7. The Kier molecular flexibility index (Phi) is 5.68. The smallest absolute Gasteiger partial charge is 0.223 e. The second-order valence-corrected chi connectivity index (χ2v) is 7.67. The monoisotopic (exact) mass is 373 g/mol. The average molecular weight is 374 g/mol. The highest BCUT2D eigenvalue weighted by Crippen LogP contribution is 2.21. The van der Waals surface area contributed by atoms with Crippen LogP contribution in [0.15, 0.2) is 66.9 Å². The maximum atomic E-state index is 12.7. The number of piperazine rings is 1. The van der Waals surface area contributed by atoms with Crippen LogP contribution in [-0.2, 0) is 11.3 Å². The van der Waals surface area contributed by atoms with Crippen molar-refractivity contribution in [1.82, 2.24) is 14.8 Å². The third-order valence-corrected chi connectivity index (χ3v) is 5.68. The molecule has 0 aliphatic carbocycles. The third kappa shape index (κ3) is 4.23. The van der Waals surface area contributed by atoms with Crippen LogP contribution in [0.3, 0.4) is 0 Å². The van der Waals surface area contributed by atoms with Gasteiger partial charge in [0, 0.05) is 50.7 Å². The van der Waals surface area contributed by atoms with E-state index in [0.717, 1.165) is 38.2 Å². The second-order valence-electron chi connectivity index (χ2n) is 7.67. The molecule has 4 heteroatoms. The summed E-state index contributed by atoms with van der Waals surface area (Å²) in [7, 11) is 0. The van der Waals surface area contributed by atoms with Crippen LogP contribution in [0.25, 0.3) is 10.9 Å². The van der Waals surface area contributed by atoms with Gasteiger partial charge in [-0.2, -0.15) is 0 Å². The van der Waals surface area contributed by atoms with Gasteiger partial charge in [-0.3, -0.25) is 14.7 Å². The van der Waals surface area contributed by atoms with E-state index in [9.17, 15) is 4.79 Å². The van der Waals surface area contributed by atoms with E-state index in [4.69, 9.17) is 0 Å². The molecule has 0 spiro atoms. The number of aromatic nitrogens is 1. The van der Waals surface area contributed by atoms with Crippen molar-refractivity contribution >= 4 is 16.8 Å². The molecule has 2 heterocycles. The van der Waals surface area contributed by atoms with Crippen molar-refractivity contribution in [3.63, 3.8) is 0 Å². The molecule has 1 atom stereocenters. The van der Waals surface area contributed by atoms with E-state index in [0.29, 0.717) is 6.42 Å². The largest absolute Gasteiger partial charge is 0.340 e. The van der Waals surface area contributed by atoms with Gasteiger partial charge in [0.15, 0.2) is 0 Å². The van der Waals surface area contributed by atoms with Crippen LogP contribution < -0.4 is 0 Å². The predicted octanol–water partition coefficient (Wildman–Crippen LogP) is 4.07. The van der Waals surface area contributed by atoms with E-state index in [-0.39, 0.29) is 11.8 Å². The Bertz CT molecular complexity index is 927. The van der Waals surface area contributed by atoms with Gasteiger partial charge in [-0.25, -0.2) is 0 Å². The molecule has 1 aliphatic rings. The number of nitrogens with zero attached hydrogens (tertiary/aromatic N) is 3. The SMILES string of the molecule is CC(CC(=O)N1CCN(Cc2cccc3cccnc23)CC1)c1ccccc1. The van der Waals surface area contributed by atoms with Crippen molar-refractivity contribution < 1.29 is 4.79 Å². The summed E-state index contributed by atoms with van der Waals surface area (Å²) in [6, 6.07) is 20.8. The van der Waals surface area contributed by atoms with Gasteiger partial charge in [-0.05, 0) is 23.1 Å². The first-order valence-corrected chi connectivity index (χ1v) is 10.1. The number of hydrogen-bond acceptors (Lipinski definition) is 3. The Morgan fingerprint density at radius 3 is 2.50 bits per heavy atom. The van der Waals surface area contributed by atoms with Gasteiger partial charge in [-0.15, -0.1) is 0 Å². The van der Waals surface area contributed by atoms with Crippen molar-refractivity contribution in [1.29, 1.82) is 0 Å². The molecule has 0 saturated carbocycles. The molecule has 4 rings (SSSR count). The van der Waals surface area contributed by atoms with Crippen molar-refractivity contribution in [2.45, 2.75) is 25.8 Å². The molecular formula is C24H27N3O. The number of hydrogen-bond donors (Lipinski definition) is 0. The lowest BCUT2D eigenvalue weighted by Crippen LogP contribution is -2.48. The molecule has 0 N–H and O–H groups in total. The fourth-order valence-electron chi connectivity index (χ4n) is 3.98. The lowest BCUT2D eigenvalue weighted by atomic mass is 9.97. The number of amides is 1. The number of pyridine rings is 1. The Hall–Kier alpha value is -2.72. The molecule has 3 aromatic rings. The summed E-state index contributed by atoms with van der Waals surface area (Å²) < 4.78 is 0. The van der Waals surface area contributed by atoms with Crippen molar-refractivity contribution in [2.24, 2.45) is 0 Å². The number of fused-ring (bicyclic) bond motifs is 1. The minimum absolute atomic E-state index is 0.258. The molecule has 1 aliphatic heterocycles. The van der Waals surface area contributed by atoms with Crippen LogP contribution >= 0.6 is 0 Å². The van der Waals surface area contributed by atoms with Crippen LogP contribution in [0.4, 0.5) is 0 Å². The molecule has 0 bridgehead atoms. The quantitative estimate of drug-likeness (QED) is 0.676. The summed E-state index contributed by atoms with van der Waals surface area (Å²) >= 11 is 0. The highest BCUT2D eigenvalue weighted by atomic mass is 16.2. The number of carbonyl (C=O) groups excluding carboxylic acids is 1. The van der Waals surface area contributed by atoms with E-state index in [1.54, 1.807) is 0 Å². The minimum atomic E-state index is 0.258. The highest BCUT2D eigenvalue weighted by Gasteiger charge is 2.23. The predicted molar refractivity (Wildman–Crippen MR) is 113 cm³/mol. The van der Waals surface area contributed by atoms with Gasteiger partial charge in [0.2, 0.25) is 5.91 Å². The molecule has 28 heavy (non-hydrogen) atoms. The lowest BCUT2D eigenvalue weighted by Gasteiger charge is -2.35. The Morgan fingerprint density at radius 1 is 0.964 bits per heavy atom. The van der Waals surface area contributed by atoms with Gasteiger partial charge in [0.25, 0.3) is 0 Å². The summed E-state index contributed by atoms with van der Waals surface area (Å²) in [5.74, 6) is 0.524. The van der Waals surface area contributed by atoms with E-state index < -0.39 is 0 Å². The third-order valence-electron chi connectivity index (χ3n) is 5.68. The van der Waals surface area contributed by atoms with Gasteiger partial charge in [-0.1, -0.05) is 61.5 Å². The molecule has 0 radical (unpaired) electrons. The molecular weight excluding hydrogens is 346 g/mol. The topological polar surface area (TPSA) is 36.4 Å². The molecule has 2 aromatic carbocycles. The molecule has 144 valence electrons. The van der Waals surface area contributed by atoms with E-state index in [1.165, 1.54) is 16.5 Å². The van der Waals surface area contributed by atoms with Crippen LogP contribution in [0, 0.1) is 0 Å². The summed E-state index contributed by atoms with van der Waals surface area (Å²) in [4.78, 5) is 21.7. The van der Waals surface area contributed by atoms with Crippen molar-refractivity contribution in [3.8, 4) is 0 Å². The zero-order valence-electron chi connectivity index (χ0n) is 16.4. The second kappa shape index (κ2) is 8.53. The lowest BCUT2D eigenvalue weighted by molar-refractivity contribution is -0.133. The molecule has 1 aromatic heterocycles. The summed E-state index contributed by atoms with van der Waals surface area (Å²) in [6.07, 6.45) is 2.44. The zero-order chi connectivity index (χ0) is 19.3. The van der Waals surface area contributed by atoms with E-state index >= 15 is 0 Å². The van der Waals surface area contributed by atoms with Crippen LogP contribution in [-0.4, -0.2) is 46.9 Å². The van der Waals surface area contributed by atoms with Gasteiger partial charge in [0.05, 0.1) is 5.52 Å². The summed E-state index contributed by atoms with van der Waals surface area (Å²) in [5.41, 5.74) is 3.58. The van der Waals surface area contributed by atoms with Crippen LogP contribution in [0.5, 0.6) is 0 Å². The van der Waals surface area contributed by atoms with E-state index in [1.807, 2.05) is 35.4 Å². The standard InChI is InChI=1S/C24H27N3O/c1-19(20-7-3-2-4-8-20)17-23(28)27-15-13-26(14-16-27)18-22-10-5-9-21-11-6-12-25-24(21)22/h2-12,19H,13-18H2,1H3. The molecule has 1 fully saturated rings. The number of carbonyl (C=O) groups is 1. The first-order valence-electron chi connectivity index (χ1n) is 10.1. The maximum Gasteiger partial charge on any atom is 0.223 e. The fourth-order valence-corrected chi connectivity index (χ4v) is 3.98. The Labute approximate surface area is 166 Å². The molecule has 4 nitrogen and oxygen atoms in total. The summed E-state index contributed by atoms with van der Waals surface area (Å²) in [6.45, 7) is 6.45. The highest BCUT2D eigenvalue weighted by molar-refractivity contribution is 5.81.